The molecule has 2 rings (SSSR count). The maximum Gasteiger partial charge on any atom is 0.282 e. The summed E-state index contributed by atoms with van der Waals surface area (Å²) in [5.74, 6) is -0.569. The summed E-state index contributed by atoms with van der Waals surface area (Å²) in [7, 11) is 0. The first-order chi connectivity index (χ1) is 7.72. The number of carbonyl (C=O) groups is 1. The number of nitrogens with zero attached hydrogens (tertiary/aromatic N) is 1. The van der Waals surface area contributed by atoms with Crippen LogP contribution >= 0.6 is 24.2 Å². The van der Waals surface area contributed by atoms with E-state index in [1.54, 1.807) is 6.20 Å². The van der Waals surface area contributed by atoms with E-state index in [2.05, 4.69) is 14.8 Å². The molecule has 0 unspecified atom stereocenters. The van der Waals surface area contributed by atoms with Crippen molar-refractivity contribution in [2.75, 3.05) is 0 Å². The number of nitrogens with one attached hydrogen (secondary N) is 2. The Morgan fingerprint density at radius 1 is 1.41 bits per heavy atom. The third-order valence-corrected chi connectivity index (χ3v) is 2.33. The van der Waals surface area contributed by atoms with E-state index in [0.717, 1.165) is 10.9 Å². The second-order valence-electron chi connectivity index (χ2n) is 3.14. The number of rotatable bonds is 1. The van der Waals surface area contributed by atoms with E-state index >= 15 is 0 Å². The molecule has 4 N–H and O–H groups in total. The first kappa shape index (κ1) is 13.3. The molecule has 1 heterocycles. The number of nitrogens with two attached hydrogens (primary N) is 1. The number of amides is 1. The number of halogens is 2. The van der Waals surface area contributed by atoms with E-state index in [1.807, 2.05) is 24.3 Å². The molecule has 5 nitrogen and oxygen atoms in total. The molecule has 0 atom stereocenters. The van der Waals surface area contributed by atoms with Gasteiger partial charge in [0, 0.05) is 28.9 Å². The number of hydrogen-bond acceptors (Lipinski definition) is 1. The van der Waals surface area contributed by atoms with E-state index in [4.69, 9.17) is 17.5 Å². The number of carbonyl (C=O) groups excluding carboxylic acids is 1. The second-order valence-corrected chi connectivity index (χ2v) is 3.33. The van der Waals surface area contributed by atoms with Crippen LogP contribution in [0.25, 0.3) is 10.9 Å². The monoisotopic (exact) mass is 272 g/mol. The van der Waals surface area contributed by atoms with Crippen LogP contribution in [0.3, 0.4) is 0 Å². The Morgan fingerprint density at radius 2 is 2.12 bits per heavy atom. The molecule has 0 fully saturated rings. The van der Waals surface area contributed by atoms with Crippen molar-refractivity contribution in [2.45, 2.75) is 0 Å². The Labute approximate surface area is 109 Å². The summed E-state index contributed by atoms with van der Waals surface area (Å²) in [6.07, 6.45) is 1.60. The first-order valence-electron chi connectivity index (χ1n) is 4.53. The third-order valence-electron chi connectivity index (χ3n) is 2.14. The smallest absolute Gasteiger partial charge is 0.282 e. The predicted octanol–water partition coefficient (Wildman–Crippen LogP) is 1.79. The van der Waals surface area contributed by atoms with Crippen LogP contribution < -0.4 is 10.6 Å². The van der Waals surface area contributed by atoms with Gasteiger partial charge < -0.3 is 10.7 Å². The number of fused-ring (bicyclic) bond motifs is 1. The van der Waals surface area contributed by atoms with Crippen molar-refractivity contribution < 1.29 is 4.79 Å². The number of aromatic amines is 1. The van der Waals surface area contributed by atoms with Crippen molar-refractivity contribution in [3.8, 4) is 0 Å². The van der Waals surface area contributed by atoms with Gasteiger partial charge in [0.05, 0.1) is 5.56 Å². The fourth-order valence-electron chi connectivity index (χ4n) is 1.44. The average molecular weight is 273 g/mol. The molecule has 0 saturated carbocycles. The van der Waals surface area contributed by atoms with Crippen LogP contribution in [0.1, 0.15) is 10.4 Å². The quantitative estimate of drug-likeness (QED) is 0.421. The molecular weight excluding hydrogens is 263 g/mol. The molecule has 17 heavy (non-hydrogen) atoms. The van der Waals surface area contributed by atoms with Crippen molar-refractivity contribution in [3.05, 3.63) is 36.0 Å². The van der Waals surface area contributed by atoms with E-state index in [-0.39, 0.29) is 18.4 Å². The number of benzene rings is 1. The highest BCUT2D eigenvalue weighted by Crippen LogP contribution is 2.18. The molecule has 1 aromatic heterocycles. The zero-order chi connectivity index (χ0) is 11.5. The van der Waals surface area contributed by atoms with Gasteiger partial charge in [-0.05, 0) is 6.07 Å². The molecule has 2 aromatic rings. The molecule has 0 spiro atoms. The van der Waals surface area contributed by atoms with Crippen LogP contribution in [0.15, 0.2) is 35.5 Å². The normalized spacial score (nSPS) is 11.0. The highest BCUT2D eigenvalue weighted by molar-refractivity contribution is 6.23. The van der Waals surface area contributed by atoms with Gasteiger partial charge in [-0.25, -0.2) is 0 Å². The molecule has 0 aliphatic rings. The van der Waals surface area contributed by atoms with Crippen molar-refractivity contribution in [1.82, 2.24) is 9.82 Å². The van der Waals surface area contributed by atoms with Gasteiger partial charge in [0.2, 0.25) is 5.96 Å². The minimum Gasteiger partial charge on any atom is -0.369 e. The van der Waals surface area contributed by atoms with Crippen LogP contribution in [0.2, 0.25) is 0 Å². The van der Waals surface area contributed by atoms with Crippen molar-refractivity contribution >= 4 is 47.0 Å². The maximum absolute atomic E-state index is 11.7. The summed E-state index contributed by atoms with van der Waals surface area (Å²) in [6, 6.07) is 7.43. The lowest BCUT2D eigenvalue weighted by Crippen LogP contribution is -2.24. The summed E-state index contributed by atoms with van der Waals surface area (Å²) in [5.41, 5.74) is 6.64. The molecule has 7 heteroatoms. The minimum absolute atomic E-state index is 0. The van der Waals surface area contributed by atoms with Crippen molar-refractivity contribution in [3.63, 3.8) is 0 Å². The number of aliphatic imine (C=N–C) groups is 1. The zero-order valence-corrected chi connectivity index (χ0v) is 10.2. The van der Waals surface area contributed by atoms with Gasteiger partial charge in [0.15, 0.2) is 0 Å². The third kappa shape index (κ3) is 2.69. The first-order valence-corrected chi connectivity index (χ1v) is 4.91. The van der Waals surface area contributed by atoms with Gasteiger partial charge in [0.25, 0.3) is 5.91 Å². The van der Waals surface area contributed by atoms with Crippen molar-refractivity contribution in [1.29, 1.82) is 0 Å². The molecule has 0 saturated heterocycles. The van der Waals surface area contributed by atoms with E-state index in [1.165, 1.54) is 0 Å². The van der Waals surface area contributed by atoms with E-state index < -0.39 is 5.91 Å². The Kier molecular flexibility index (Phi) is 4.37. The predicted molar refractivity (Wildman–Crippen MR) is 70.5 cm³/mol. The number of guanidine groups is 1. The molecule has 0 aliphatic carbocycles. The van der Waals surface area contributed by atoms with E-state index in [0.29, 0.717) is 5.56 Å². The highest BCUT2D eigenvalue weighted by Gasteiger charge is 2.10. The molecule has 0 bridgehead atoms. The molecule has 0 aliphatic heterocycles. The average Bonchev–Trinajstić information content (AvgIpc) is 2.72. The Balaban J connectivity index is 0.00000144. The molecule has 90 valence electrons. The molecule has 0 radical (unpaired) electrons. The molecule has 1 aromatic carbocycles. The fourth-order valence-corrected chi connectivity index (χ4v) is 1.48. The Bertz CT molecular complexity index is 564. The topological polar surface area (TPSA) is 83.3 Å². The SMILES string of the molecule is Cl.NC(=NC(=O)c1c[nH]c2ccccc12)NCl. The lowest BCUT2D eigenvalue weighted by molar-refractivity contribution is 0.100. The minimum atomic E-state index is -0.442. The lowest BCUT2D eigenvalue weighted by Gasteiger charge is -1.95. The summed E-state index contributed by atoms with van der Waals surface area (Å²) >= 11 is 5.21. The number of hydrogen-bond donors (Lipinski definition) is 3. The Morgan fingerprint density at radius 3 is 2.82 bits per heavy atom. The van der Waals surface area contributed by atoms with Gasteiger partial charge in [-0.1, -0.05) is 18.2 Å². The van der Waals surface area contributed by atoms with Crippen LogP contribution in [0.4, 0.5) is 0 Å². The largest absolute Gasteiger partial charge is 0.369 e. The fraction of sp³-hybridized carbons (Fsp3) is 0. The van der Waals surface area contributed by atoms with Gasteiger partial charge in [0.1, 0.15) is 0 Å². The van der Waals surface area contributed by atoms with Crippen LogP contribution in [-0.4, -0.2) is 16.9 Å². The second kappa shape index (κ2) is 5.56. The van der Waals surface area contributed by atoms with Gasteiger partial charge >= 0.3 is 0 Å². The summed E-state index contributed by atoms with van der Waals surface area (Å²) in [5, 5.41) is 0.804. The lowest BCUT2D eigenvalue weighted by atomic mass is 10.2. The summed E-state index contributed by atoms with van der Waals surface area (Å²) < 4.78 is 0. The van der Waals surface area contributed by atoms with E-state index in [9.17, 15) is 4.79 Å². The van der Waals surface area contributed by atoms with Crippen LogP contribution in [0.5, 0.6) is 0 Å². The highest BCUT2D eigenvalue weighted by atomic mass is 35.5. The number of H-pyrrole nitrogens is 1. The van der Waals surface area contributed by atoms with Crippen LogP contribution in [-0.2, 0) is 0 Å². The van der Waals surface area contributed by atoms with Crippen molar-refractivity contribution in [2.24, 2.45) is 10.7 Å². The van der Waals surface area contributed by atoms with Gasteiger partial charge in [-0.2, -0.15) is 4.99 Å². The van der Waals surface area contributed by atoms with Crippen LogP contribution in [0, 0.1) is 0 Å². The molecule has 1 amide bonds. The standard InChI is InChI=1S/C10H9ClN4O.ClH/c11-15-10(12)14-9(16)7-5-13-8-4-2-1-3-6(7)8;/h1-5,13H,(H3,12,14,15,16);1H. The molecular formula is C10H10Cl2N4O. The Hall–Kier alpha value is -1.72. The number of aromatic nitrogens is 1. The maximum atomic E-state index is 11.7. The summed E-state index contributed by atoms with van der Waals surface area (Å²) in [6.45, 7) is 0. The summed E-state index contributed by atoms with van der Waals surface area (Å²) in [4.78, 5) is 20.3. The number of para-hydroxylation sites is 1. The zero-order valence-electron chi connectivity index (χ0n) is 8.61. The van der Waals surface area contributed by atoms with Gasteiger partial charge in [-0.3, -0.25) is 9.63 Å². The van der Waals surface area contributed by atoms with Gasteiger partial charge in [-0.15, -0.1) is 12.4 Å².